The molecule has 3 atom stereocenters. The lowest BCUT2D eigenvalue weighted by molar-refractivity contribution is -0.162. The summed E-state index contributed by atoms with van der Waals surface area (Å²) in [6.07, 6.45) is -6.85. The topological polar surface area (TPSA) is 136 Å². The van der Waals surface area contributed by atoms with E-state index in [1.54, 1.807) is 51.2 Å². The largest absolute Gasteiger partial charge is 0.396 e. The van der Waals surface area contributed by atoms with Crippen molar-refractivity contribution >= 4 is 27.9 Å². The van der Waals surface area contributed by atoms with Gasteiger partial charge < -0.3 is 10.0 Å². The fraction of sp³-hybridized carbons (Fsp3) is 0.471. The number of nitrogens with zero attached hydrogens (tertiary/aromatic N) is 5. The molecular weight excluding hydrogens is 683 g/mol. The molecule has 16 heteroatoms. The molecule has 0 aliphatic carbocycles. The molecule has 1 fully saturated rings. The van der Waals surface area contributed by atoms with Gasteiger partial charge in [-0.3, -0.25) is 24.0 Å². The lowest BCUT2D eigenvalue weighted by atomic mass is 9.89. The Labute approximate surface area is 287 Å². The molecule has 2 aromatic heterocycles. The van der Waals surface area contributed by atoms with Gasteiger partial charge in [0.15, 0.2) is 5.52 Å². The van der Waals surface area contributed by atoms with Gasteiger partial charge in [0, 0.05) is 38.0 Å². The molecule has 3 N–H and O–H groups in total. The van der Waals surface area contributed by atoms with Gasteiger partial charge in [0.1, 0.15) is 5.52 Å². The van der Waals surface area contributed by atoms with Crippen molar-refractivity contribution in [2.75, 3.05) is 13.1 Å². The Hall–Kier alpha value is -4.02. The number of fused-ring (bicyclic) bond motifs is 1. The average molecular weight is 723 g/mol. The third kappa shape index (κ3) is 7.97. The molecule has 1 aliphatic heterocycles. The van der Waals surface area contributed by atoms with Gasteiger partial charge in [0.25, 0.3) is 5.56 Å². The van der Waals surface area contributed by atoms with E-state index in [9.17, 15) is 40.9 Å². The van der Waals surface area contributed by atoms with Gasteiger partial charge in [-0.25, -0.2) is 18.0 Å². The minimum Gasteiger partial charge on any atom is -0.388 e. The van der Waals surface area contributed by atoms with E-state index in [1.165, 1.54) is 44.7 Å². The summed E-state index contributed by atoms with van der Waals surface area (Å²) < 4.78 is 83.0. The van der Waals surface area contributed by atoms with Crippen LogP contribution in [0, 0.1) is 0 Å². The molecule has 1 unspecified atom stereocenters. The molecule has 2 aromatic carbocycles. The highest BCUT2D eigenvalue weighted by atomic mass is 32.2. The predicted molar refractivity (Wildman–Crippen MR) is 179 cm³/mol. The number of aryl methyl sites for hydroxylation is 1. The summed E-state index contributed by atoms with van der Waals surface area (Å²) in [5.41, 5.74) is -0.328. The van der Waals surface area contributed by atoms with Gasteiger partial charge in [-0.1, -0.05) is 54.6 Å². The lowest BCUT2D eigenvalue weighted by Gasteiger charge is -2.39. The Morgan fingerprint density at radius 1 is 1.02 bits per heavy atom. The third-order valence-corrected chi connectivity index (χ3v) is 10.7. The van der Waals surface area contributed by atoms with Crippen LogP contribution in [-0.2, 0) is 29.4 Å². The highest BCUT2D eigenvalue weighted by Crippen LogP contribution is 2.39. The van der Waals surface area contributed by atoms with Crippen LogP contribution in [0.25, 0.3) is 22.3 Å². The highest BCUT2D eigenvalue weighted by molar-refractivity contribution is 7.84. The molecule has 0 radical (unpaired) electrons. The zero-order valence-corrected chi connectivity index (χ0v) is 28.6. The van der Waals surface area contributed by atoms with Crippen molar-refractivity contribution in [2.45, 2.75) is 80.9 Å². The summed E-state index contributed by atoms with van der Waals surface area (Å²) in [6.45, 7) is 2.98. The predicted octanol–water partition coefficient (Wildman–Crippen LogP) is 5.03. The van der Waals surface area contributed by atoms with E-state index in [4.69, 9.17) is 5.14 Å². The molecule has 0 bridgehead atoms. The average Bonchev–Trinajstić information content (AvgIpc) is 3.40. The second kappa shape index (κ2) is 14.3. The second-order valence-electron chi connectivity index (χ2n) is 13.5. The summed E-state index contributed by atoms with van der Waals surface area (Å²) in [5.74, 6) is -3.83. The number of alkyl halides is 5. The quantitative estimate of drug-likeness (QED) is 0.209. The van der Waals surface area contributed by atoms with Crippen molar-refractivity contribution in [3.05, 3.63) is 82.4 Å². The van der Waals surface area contributed by atoms with E-state index in [-0.39, 0.29) is 55.5 Å². The Morgan fingerprint density at radius 3 is 2.20 bits per heavy atom. The van der Waals surface area contributed by atoms with E-state index in [0.717, 1.165) is 0 Å². The van der Waals surface area contributed by atoms with Crippen LogP contribution in [-0.4, -0.2) is 75.5 Å². The third-order valence-electron chi connectivity index (χ3n) is 9.47. The minimum absolute atomic E-state index is 0.00128. The number of aliphatic hydroxyl groups is 1. The van der Waals surface area contributed by atoms with Crippen LogP contribution in [0.1, 0.15) is 62.5 Å². The summed E-state index contributed by atoms with van der Waals surface area (Å²) in [7, 11) is -0.201. The molecule has 0 spiro atoms. The van der Waals surface area contributed by atoms with Crippen molar-refractivity contribution in [2.24, 2.45) is 12.2 Å². The van der Waals surface area contributed by atoms with Gasteiger partial charge in [0.2, 0.25) is 12.3 Å². The Bertz CT molecular complexity index is 1910. The molecule has 4 aromatic rings. The van der Waals surface area contributed by atoms with Crippen molar-refractivity contribution in [1.29, 1.82) is 0 Å². The van der Waals surface area contributed by atoms with Crippen molar-refractivity contribution in [1.82, 2.24) is 24.2 Å². The number of piperidine rings is 1. The SMILES string of the molecule is Cn1nc2c(=O)n(CC3(O)CCN(C(=O)C[C@H](c4ccccc4)C(F)(F)F)CC3)cnc2c1-c1ccc([C@H](CC(C)(C)S(N)=O)C(F)F)cc1. The van der Waals surface area contributed by atoms with Crippen LogP contribution < -0.4 is 10.7 Å². The number of carbonyl (C=O) groups excluding carboxylic acids is 1. The van der Waals surface area contributed by atoms with Gasteiger partial charge in [-0.2, -0.15) is 18.3 Å². The molecular formula is C34H39F5N6O4S. The van der Waals surface area contributed by atoms with Crippen LogP contribution in [0.2, 0.25) is 0 Å². The highest BCUT2D eigenvalue weighted by Gasteiger charge is 2.43. The smallest absolute Gasteiger partial charge is 0.388 e. The fourth-order valence-corrected chi connectivity index (χ4v) is 6.79. The standard InChI is InChI=1S/C34H39F5N6O4S/c1-32(2,50(40)49)18-24(30(35)36)21-9-11-23(12-10-21)29-27-28(42-43(29)3)31(47)45(20-41-27)19-33(48)13-15-44(16-14-33)26(46)17-25(34(37,38)39)22-7-5-4-6-8-22/h4-12,20,24-25,30,48H,13-19,40H2,1-3H3/t24-,25+,50?/m0/s1. The van der Waals surface area contributed by atoms with Gasteiger partial charge >= 0.3 is 6.18 Å². The van der Waals surface area contributed by atoms with E-state index in [2.05, 4.69) is 10.1 Å². The maximum Gasteiger partial charge on any atom is 0.396 e. The Kier molecular flexibility index (Phi) is 10.7. The van der Waals surface area contributed by atoms with Crippen LogP contribution in [0.3, 0.4) is 0 Å². The Morgan fingerprint density at radius 2 is 1.64 bits per heavy atom. The van der Waals surface area contributed by atoms with E-state index in [0.29, 0.717) is 16.8 Å². The van der Waals surface area contributed by atoms with Crippen LogP contribution in [0.5, 0.6) is 0 Å². The first-order chi connectivity index (χ1) is 23.4. The summed E-state index contributed by atoms with van der Waals surface area (Å²) in [4.78, 5) is 32.2. The first-order valence-electron chi connectivity index (χ1n) is 16.0. The van der Waals surface area contributed by atoms with E-state index in [1.807, 2.05) is 0 Å². The summed E-state index contributed by atoms with van der Waals surface area (Å²) >= 11 is 0. The first-order valence-corrected chi connectivity index (χ1v) is 17.2. The van der Waals surface area contributed by atoms with E-state index < -0.39 is 63.7 Å². The van der Waals surface area contributed by atoms with Crippen LogP contribution in [0.15, 0.2) is 65.7 Å². The van der Waals surface area contributed by atoms with Gasteiger partial charge in [-0.05, 0) is 44.2 Å². The molecule has 270 valence electrons. The number of benzene rings is 2. The summed E-state index contributed by atoms with van der Waals surface area (Å²) in [6, 6.07) is 13.6. The number of amides is 1. The number of rotatable bonds is 11. The van der Waals surface area contributed by atoms with Gasteiger partial charge in [-0.15, -0.1) is 0 Å². The molecule has 50 heavy (non-hydrogen) atoms. The molecule has 1 aliphatic rings. The zero-order chi connectivity index (χ0) is 36.6. The number of carbonyl (C=O) groups is 1. The Balaban J connectivity index is 1.29. The molecule has 10 nitrogen and oxygen atoms in total. The van der Waals surface area contributed by atoms with Crippen molar-refractivity contribution in [3.8, 4) is 11.3 Å². The molecule has 1 saturated heterocycles. The van der Waals surface area contributed by atoms with Crippen molar-refractivity contribution in [3.63, 3.8) is 0 Å². The number of nitrogens with two attached hydrogens (primary N) is 1. The maximum absolute atomic E-state index is 14.0. The normalized spacial score (nSPS) is 17.2. The zero-order valence-electron chi connectivity index (χ0n) is 27.7. The van der Waals surface area contributed by atoms with Gasteiger partial charge in [0.05, 0.1) is 45.8 Å². The molecule has 3 heterocycles. The second-order valence-corrected chi connectivity index (χ2v) is 15.2. The lowest BCUT2D eigenvalue weighted by Crippen LogP contribution is -2.50. The number of halogens is 5. The molecule has 5 rings (SSSR count). The minimum atomic E-state index is -4.61. The number of likely N-dealkylation sites (tertiary alicyclic amines) is 1. The summed E-state index contributed by atoms with van der Waals surface area (Å²) in [5, 5.41) is 21.2. The maximum atomic E-state index is 14.0. The number of hydrogen-bond donors (Lipinski definition) is 2. The van der Waals surface area contributed by atoms with Crippen LogP contribution in [0.4, 0.5) is 22.0 Å². The number of hydrogen-bond acceptors (Lipinski definition) is 6. The first kappa shape index (κ1) is 37.2. The monoisotopic (exact) mass is 722 g/mol. The van der Waals surface area contributed by atoms with E-state index >= 15 is 0 Å². The van der Waals surface area contributed by atoms with Crippen LogP contribution >= 0.6 is 0 Å². The number of aromatic nitrogens is 4. The molecule has 0 saturated carbocycles. The molecule has 1 amide bonds. The fourth-order valence-electron chi connectivity index (χ4n) is 6.44. The van der Waals surface area contributed by atoms with Crippen molar-refractivity contribution < 1.29 is 36.1 Å².